The van der Waals surface area contributed by atoms with Crippen LogP contribution >= 0.6 is 0 Å². The van der Waals surface area contributed by atoms with Crippen molar-refractivity contribution in [2.45, 2.75) is 27.2 Å². The molecular weight excluding hydrogens is 318 g/mol. The summed E-state index contributed by atoms with van der Waals surface area (Å²) in [4.78, 5) is 34.7. The smallest absolute Gasteiger partial charge is 0.229 e. The van der Waals surface area contributed by atoms with Crippen molar-refractivity contribution >= 4 is 17.5 Å². The normalized spacial score (nSPS) is 17.4. The molecule has 2 aromatic heterocycles. The molecule has 0 saturated carbocycles. The summed E-state index contributed by atoms with van der Waals surface area (Å²) in [5, 5.41) is 2.86. The van der Waals surface area contributed by atoms with E-state index in [1.165, 1.54) is 0 Å². The third-order valence-electron chi connectivity index (χ3n) is 4.26. The van der Waals surface area contributed by atoms with E-state index in [0.717, 1.165) is 11.6 Å². The number of nitrogens with zero attached hydrogens (tertiary/aromatic N) is 4. The molecule has 0 bridgehead atoms. The number of rotatable bonds is 5. The summed E-state index contributed by atoms with van der Waals surface area (Å²) >= 11 is 0. The van der Waals surface area contributed by atoms with Crippen LogP contribution in [0.5, 0.6) is 0 Å². The molecule has 1 atom stereocenters. The molecule has 0 spiro atoms. The van der Waals surface area contributed by atoms with Gasteiger partial charge in [-0.15, -0.1) is 0 Å². The van der Waals surface area contributed by atoms with Crippen LogP contribution in [-0.4, -0.2) is 44.3 Å². The highest BCUT2D eigenvalue weighted by Crippen LogP contribution is 2.21. The Hall–Kier alpha value is -2.70. The predicted molar refractivity (Wildman–Crippen MR) is 94.3 cm³/mol. The van der Waals surface area contributed by atoms with Crippen LogP contribution in [0.15, 0.2) is 30.7 Å². The van der Waals surface area contributed by atoms with Gasteiger partial charge in [0.1, 0.15) is 11.6 Å². The molecule has 0 radical (unpaired) electrons. The maximum atomic E-state index is 12.4. The maximum absolute atomic E-state index is 12.4. The van der Waals surface area contributed by atoms with Gasteiger partial charge < -0.3 is 10.2 Å². The van der Waals surface area contributed by atoms with Crippen LogP contribution in [0, 0.1) is 18.8 Å². The topological polar surface area (TPSA) is 80.1 Å². The van der Waals surface area contributed by atoms with Crippen molar-refractivity contribution in [3.8, 4) is 5.82 Å². The van der Waals surface area contributed by atoms with Crippen LogP contribution in [-0.2, 0) is 9.59 Å². The highest BCUT2D eigenvalue weighted by atomic mass is 16.2. The molecule has 1 aliphatic heterocycles. The number of amides is 2. The Labute approximate surface area is 147 Å². The number of imidazole rings is 1. The zero-order chi connectivity index (χ0) is 18.0. The van der Waals surface area contributed by atoms with Crippen LogP contribution in [0.1, 0.15) is 26.1 Å². The summed E-state index contributed by atoms with van der Waals surface area (Å²) in [7, 11) is 0. The van der Waals surface area contributed by atoms with Gasteiger partial charge in [0.25, 0.3) is 0 Å². The minimum Gasteiger partial charge on any atom is -0.342 e. The Balaban J connectivity index is 1.62. The number of aryl methyl sites for hydroxylation is 1. The maximum Gasteiger partial charge on any atom is 0.229 e. The van der Waals surface area contributed by atoms with Gasteiger partial charge in [-0.3, -0.25) is 14.2 Å². The van der Waals surface area contributed by atoms with E-state index in [0.29, 0.717) is 24.7 Å². The molecule has 25 heavy (non-hydrogen) atoms. The van der Waals surface area contributed by atoms with Gasteiger partial charge in [0.2, 0.25) is 11.8 Å². The Morgan fingerprint density at radius 3 is 2.76 bits per heavy atom. The Morgan fingerprint density at radius 1 is 1.36 bits per heavy atom. The number of carbonyl (C=O) groups is 2. The predicted octanol–water partition coefficient (Wildman–Crippen LogP) is 2.02. The van der Waals surface area contributed by atoms with Crippen LogP contribution in [0.4, 0.5) is 5.69 Å². The first-order chi connectivity index (χ1) is 11.9. The van der Waals surface area contributed by atoms with Crippen molar-refractivity contribution in [3.05, 3.63) is 36.5 Å². The van der Waals surface area contributed by atoms with E-state index in [1.54, 1.807) is 17.3 Å². The molecule has 7 nitrogen and oxygen atoms in total. The van der Waals surface area contributed by atoms with E-state index in [1.807, 2.05) is 29.8 Å². The molecule has 0 unspecified atom stereocenters. The number of likely N-dealkylation sites (tertiary alicyclic amines) is 1. The van der Waals surface area contributed by atoms with E-state index >= 15 is 0 Å². The van der Waals surface area contributed by atoms with Gasteiger partial charge in [-0.2, -0.15) is 0 Å². The third kappa shape index (κ3) is 3.87. The van der Waals surface area contributed by atoms with Gasteiger partial charge in [0.15, 0.2) is 0 Å². The number of hydrogen-bond acceptors (Lipinski definition) is 4. The summed E-state index contributed by atoms with van der Waals surface area (Å²) in [5.74, 6) is 1.60. The van der Waals surface area contributed by atoms with Crippen molar-refractivity contribution in [2.24, 2.45) is 11.8 Å². The Kier molecular flexibility index (Phi) is 4.83. The summed E-state index contributed by atoms with van der Waals surface area (Å²) in [6, 6.07) is 3.64. The van der Waals surface area contributed by atoms with Crippen LogP contribution in [0.2, 0.25) is 0 Å². The van der Waals surface area contributed by atoms with Crippen molar-refractivity contribution in [2.75, 3.05) is 18.4 Å². The average Bonchev–Trinajstić information content (AvgIpc) is 3.14. The highest BCUT2D eigenvalue weighted by Gasteiger charge is 2.34. The van der Waals surface area contributed by atoms with Crippen LogP contribution in [0.3, 0.4) is 0 Å². The SMILES string of the molecule is Cc1nccn1-c1ccc(NC(=O)[C@H]2CC(=O)N(CC(C)C)C2)cn1. The second-order valence-electron chi connectivity index (χ2n) is 6.83. The minimum absolute atomic E-state index is 0.0536. The molecule has 2 aromatic rings. The fourth-order valence-corrected chi connectivity index (χ4v) is 3.03. The Morgan fingerprint density at radius 2 is 2.16 bits per heavy atom. The molecule has 3 heterocycles. The molecule has 1 N–H and O–H groups in total. The second-order valence-corrected chi connectivity index (χ2v) is 6.83. The molecule has 0 aromatic carbocycles. The Bertz CT molecular complexity index is 766. The number of pyridine rings is 1. The highest BCUT2D eigenvalue weighted by molar-refractivity contribution is 5.97. The lowest BCUT2D eigenvalue weighted by Crippen LogP contribution is -2.31. The van der Waals surface area contributed by atoms with Crippen LogP contribution < -0.4 is 5.32 Å². The molecule has 2 amide bonds. The van der Waals surface area contributed by atoms with Crippen molar-refractivity contribution in [1.82, 2.24) is 19.4 Å². The molecule has 7 heteroatoms. The number of nitrogens with one attached hydrogen (secondary N) is 1. The monoisotopic (exact) mass is 341 g/mol. The van der Waals surface area contributed by atoms with E-state index < -0.39 is 0 Å². The fourth-order valence-electron chi connectivity index (χ4n) is 3.03. The standard InChI is InChI=1S/C18H23N5O2/c1-12(2)10-22-11-14(8-17(22)24)18(25)21-15-4-5-16(20-9-15)23-7-6-19-13(23)3/h4-7,9,12,14H,8,10-11H2,1-3H3,(H,21,25)/t14-/m0/s1. The first kappa shape index (κ1) is 17.1. The van der Waals surface area contributed by atoms with Crippen molar-refractivity contribution in [3.63, 3.8) is 0 Å². The molecule has 1 saturated heterocycles. The average molecular weight is 341 g/mol. The zero-order valence-corrected chi connectivity index (χ0v) is 14.8. The van der Waals surface area contributed by atoms with Gasteiger partial charge in [0, 0.05) is 31.9 Å². The number of carbonyl (C=O) groups excluding carboxylic acids is 2. The summed E-state index contributed by atoms with van der Waals surface area (Å²) in [6.45, 7) is 7.22. The second kappa shape index (κ2) is 7.04. The molecule has 0 aliphatic carbocycles. The minimum atomic E-state index is -0.304. The van der Waals surface area contributed by atoms with Gasteiger partial charge in [0.05, 0.1) is 17.8 Å². The largest absolute Gasteiger partial charge is 0.342 e. The number of anilines is 1. The fraction of sp³-hybridized carbons (Fsp3) is 0.444. The first-order valence-electron chi connectivity index (χ1n) is 8.49. The summed E-state index contributed by atoms with van der Waals surface area (Å²) in [5.41, 5.74) is 0.626. The third-order valence-corrected chi connectivity index (χ3v) is 4.26. The quantitative estimate of drug-likeness (QED) is 0.902. The molecule has 1 fully saturated rings. The molecule has 3 rings (SSSR count). The van der Waals surface area contributed by atoms with E-state index in [4.69, 9.17) is 0 Å². The van der Waals surface area contributed by atoms with E-state index in [2.05, 4.69) is 29.1 Å². The lowest BCUT2D eigenvalue weighted by atomic mass is 10.1. The van der Waals surface area contributed by atoms with Crippen molar-refractivity contribution in [1.29, 1.82) is 0 Å². The van der Waals surface area contributed by atoms with Gasteiger partial charge in [-0.1, -0.05) is 13.8 Å². The van der Waals surface area contributed by atoms with E-state index in [-0.39, 0.29) is 24.2 Å². The van der Waals surface area contributed by atoms with Gasteiger partial charge >= 0.3 is 0 Å². The van der Waals surface area contributed by atoms with Gasteiger partial charge in [-0.25, -0.2) is 9.97 Å². The zero-order valence-electron chi connectivity index (χ0n) is 14.8. The first-order valence-corrected chi connectivity index (χ1v) is 8.49. The molecule has 1 aliphatic rings. The van der Waals surface area contributed by atoms with E-state index in [9.17, 15) is 9.59 Å². The molecular formula is C18H23N5O2. The number of aromatic nitrogens is 3. The van der Waals surface area contributed by atoms with Gasteiger partial charge in [-0.05, 0) is 25.0 Å². The summed E-state index contributed by atoms with van der Waals surface area (Å²) < 4.78 is 1.87. The number of hydrogen-bond donors (Lipinski definition) is 1. The summed E-state index contributed by atoms with van der Waals surface area (Å²) in [6.07, 6.45) is 5.45. The van der Waals surface area contributed by atoms with Crippen molar-refractivity contribution < 1.29 is 9.59 Å². The molecule has 132 valence electrons. The van der Waals surface area contributed by atoms with Crippen LogP contribution in [0.25, 0.3) is 5.82 Å². The lowest BCUT2D eigenvalue weighted by molar-refractivity contribution is -0.128. The lowest BCUT2D eigenvalue weighted by Gasteiger charge is -2.18.